The van der Waals surface area contributed by atoms with Crippen molar-refractivity contribution in [2.75, 3.05) is 0 Å². The van der Waals surface area contributed by atoms with E-state index in [2.05, 4.69) is 12.2 Å². The fraction of sp³-hybridized carbons (Fsp3) is 0.667. The Morgan fingerprint density at radius 1 is 0.800 bits per heavy atom. The Bertz CT molecular complexity index is 232. The Morgan fingerprint density at radius 2 is 1.33 bits per heavy atom. The summed E-state index contributed by atoms with van der Waals surface area (Å²) in [6.45, 7) is 0. The van der Waals surface area contributed by atoms with Crippen molar-refractivity contribution in [2.24, 2.45) is 0 Å². The average molecular weight is 395 g/mol. The topological polar surface area (TPSA) is 18.5 Å². The van der Waals surface area contributed by atoms with Gasteiger partial charge in [0.2, 0.25) is 0 Å². The molecule has 2 rings (SSSR count). The van der Waals surface area contributed by atoms with Crippen molar-refractivity contribution in [2.45, 2.75) is 51.4 Å². The van der Waals surface area contributed by atoms with Crippen LogP contribution in [-0.2, 0) is 30.8 Å². The van der Waals surface area contributed by atoms with Crippen LogP contribution in [0.1, 0.15) is 51.4 Å². The van der Waals surface area contributed by atoms with E-state index in [0.717, 1.165) is 12.8 Å². The van der Waals surface area contributed by atoms with E-state index in [9.17, 15) is 0 Å². The molecular weight excluding hydrogens is 377 g/mol. The molecule has 3 heteroatoms. The first-order valence-electron chi connectivity index (χ1n) is 6.09. The Hall–Kier alpha value is 0.0151. The number of rotatable bonds is 4. The van der Waals surface area contributed by atoms with E-state index in [1.807, 2.05) is 0 Å². The standard InChI is InChI=1S/2C6H10O.Hg/c2*7-6-4-2-1-3-5-6;/h2*4,7H,1-3,5H2;/q;;+2/p-2. The fourth-order valence-electron chi connectivity index (χ4n) is 2.06. The van der Waals surface area contributed by atoms with Gasteiger partial charge in [-0.3, -0.25) is 0 Å². The van der Waals surface area contributed by atoms with Gasteiger partial charge < -0.3 is 0 Å². The van der Waals surface area contributed by atoms with Crippen molar-refractivity contribution in [3.8, 4) is 0 Å². The van der Waals surface area contributed by atoms with Crippen molar-refractivity contribution < 1.29 is 30.8 Å². The maximum absolute atomic E-state index is 5.81. The van der Waals surface area contributed by atoms with Crippen molar-refractivity contribution in [3.05, 3.63) is 23.7 Å². The Kier molecular flexibility index (Phi) is 5.03. The van der Waals surface area contributed by atoms with Crippen LogP contribution in [0.4, 0.5) is 0 Å². The fourth-order valence-corrected chi connectivity index (χ4v) is 5.50. The summed E-state index contributed by atoms with van der Waals surface area (Å²) in [6.07, 6.45) is 14.4. The van der Waals surface area contributed by atoms with Crippen LogP contribution < -0.4 is 0 Å². The van der Waals surface area contributed by atoms with E-state index in [0.29, 0.717) is 0 Å². The molecule has 0 bridgehead atoms. The zero-order valence-electron chi connectivity index (χ0n) is 9.34. The van der Waals surface area contributed by atoms with Gasteiger partial charge in [0.15, 0.2) is 0 Å². The van der Waals surface area contributed by atoms with Gasteiger partial charge in [0.1, 0.15) is 0 Å². The van der Waals surface area contributed by atoms with Crippen LogP contribution >= 0.6 is 0 Å². The third-order valence-electron chi connectivity index (χ3n) is 2.99. The summed E-state index contributed by atoms with van der Waals surface area (Å²) in [6, 6.07) is 0. The Morgan fingerprint density at radius 3 is 1.73 bits per heavy atom. The van der Waals surface area contributed by atoms with E-state index < -0.39 is 25.5 Å². The van der Waals surface area contributed by atoms with Gasteiger partial charge in [-0.1, -0.05) is 0 Å². The molecule has 0 unspecified atom stereocenters. The van der Waals surface area contributed by atoms with Gasteiger partial charge in [-0.2, -0.15) is 0 Å². The quantitative estimate of drug-likeness (QED) is 0.674. The first-order valence-corrected chi connectivity index (χ1v) is 10.6. The summed E-state index contributed by atoms with van der Waals surface area (Å²) < 4.78 is 11.6. The molecule has 0 heterocycles. The van der Waals surface area contributed by atoms with Gasteiger partial charge in [-0.05, 0) is 0 Å². The van der Waals surface area contributed by atoms with E-state index in [-0.39, 0.29) is 0 Å². The van der Waals surface area contributed by atoms with E-state index in [4.69, 9.17) is 5.29 Å². The van der Waals surface area contributed by atoms with E-state index >= 15 is 0 Å². The van der Waals surface area contributed by atoms with Crippen LogP contribution in [-0.4, -0.2) is 0 Å². The Labute approximate surface area is 105 Å². The van der Waals surface area contributed by atoms with Crippen LogP contribution in [0.25, 0.3) is 0 Å². The van der Waals surface area contributed by atoms with Crippen LogP contribution in [0.15, 0.2) is 23.7 Å². The Balaban J connectivity index is 1.65. The third kappa shape index (κ3) is 4.17. The molecule has 0 aliphatic heterocycles. The zero-order valence-corrected chi connectivity index (χ0v) is 14.8. The van der Waals surface area contributed by atoms with Gasteiger partial charge >= 0.3 is 106 Å². The molecule has 0 aromatic heterocycles. The molecule has 0 saturated carbocycles. The van der Waals surface area contributed by atoms with Gasteiger partial charge in [0.05, 0.1) is 0 Å². The second kappa shape index (κ2) is 6.57. The van der Waals surface area contributed by atoms with Crippen LogP contribution in [0.2, 0.25) is 0 Å². The molecule has 0 atom stereocenters. The maximum atomic E-state index is 5.81. The van der Waals surface area contributed by atoms with E-state index in [1.165, 1.54) is 50.0 Å². The SMILES string of the molecule is C1=C([O][Hg][O]C2=CCCCC2)CCCC1. The third-order valence-corrected chi connectivity index (χ3v) is 6.79. The van der Waals surface area contributed by atoms with Gasteiger partial charge in [-0.15, -0.1) is 0 Å². The molecule has 2 aliphatic carbocycles. The van der Waals surface area contributed by atoms with Crippen molar-refractivity contribution >= 4 is 0 Å². The van der Waals surface area contributed by atoms with Crippen LogP contribution in [0, 0.1) is 0 Å². The predicted octanol–water partition coefficient (Wildman–Crippen LogP) is 3.85. The second-order valence-corrected chi connectivity index (χ2v) is 7.40. The molecule has 0 saturated heterocycles. The molecule has 0 N–H and O–H groups in total. The molecule has 0 aromatic carbocycles. The first-order chi connectivity index (χ1) is 7.45. The number of hydrogen-bond acceptors (Lipinski definition) is 2. The molecule has 15 heavy (non-hydrogen) atoms. The van der Waals surface area contributed by atoms with Gasteiger partial charge in [0.25, 0.3) is 0 Å². The number of hydrogen-bond donors (Lipinski definition) is 0. The molecule has 80 valence electrons. The first kappa shape index (κ1) is 11.5. The van der Waals surface area contributed by atoms with Crippen LogP contribution in [0.5, 0.6) is 0 Å². The molecule has 0 fully saturated rings. The molecule has 0 aromatic rings. The summed E-state index contributed by atoms with van der Waals surface area (Å²) in [5.41, 5.74) is 0. The van der Waals surface area contributed by atoms with E-state index in [1.54, 1.807) is 0 Å². The summed E-state index contributed by atoms with van der Waals surface area (Å²) in [5.74, 6) is 2.44. The second-order valence-electron chi connectivity index (χ2n) is 4.24. The molecule has 0 radical (unpaired) electrons. The molecular formula is C12H18HgO2. The summed E-state index contributed by atoms with van der Waals surface area (Å²) in [5, 5.41) is 0. The zero-order chi connectivity index (χ0) is 10.3. The monoisotopic (exact) mass is 396 g/mol. The molecule has 0 amide bonds. The summed E-state index contributed by atoms with van der Waals surface area (Å²) in [4.78, 5) is 0. The van der Waals surface area contributed by atoms with Crippen LogP contribution in [0.3, 0.4) is 0 Å². The van der Waals surface area contributed by atoms with Crippen molar-refractivity contribution in [3.63, 3.8) is 0 Å². The number of allylic oxidation sites excluding steroid dienone is 4. The minimum atomic E-state index is -1.54. The minimum absolute atomic E-state index is 1.14. The van der Waals surface area contributed by atoms with Gasteiger partial charge in [-0.25, -0.2) is 0 Å². The normalized spacial score (nSPS) is 21.1. The van der Waals surface area contributed by atoms with Crippen molar-refractivity contribution in [1.29, 1.82) is 0 Å². The molecule has 0 spiro atoms. The molecule has 2 aliphatic rings. The average Bonchev–Trinajstić information content (AvgIpc) is 2.32. The predicted molar refractivity (Wildman–Crippen MR) is 55.3 cm³/mol. The molecule has 2 nitrogen and oxygen atoms in total. The summed E-state index contributed by atoms with van der Waals surface area (Å²) in [7, 11) is 0. The van der Waals surface area contributed by atoms with Gasteiger partial charge in [0, 0.05) is 0 Å². The van der Waals surface area contributed by atoms with Crippen molar-refractivity contribution in [1.82, 2.24) is 0 Å². The summed E-state index contributed by atoms with van der Waals surface area (Å²) >= 11 is -1.54.